The molecule has 10 heteroatoms. The maximum atomic E-state index is 14.2. The lowest BCUT2D eigenvalue weighted by Gasteiger charge is -2.26. The molecule has 8 nitrogen and oxygen atoms in total. The highest BCUT2D eigenvalue weighted by Crippen LogP contribution is 2.34. The molecule has 4 rings (SSSR count). The van der Waals surface area contributed by atoms with Gasteiger partial charge in [0.05, 0.1) is 7.11 Å². The molecule has 1 heterocycles. The Balaban J connectivity index is 1.40. The fourth-order valence-electron chi connectivity index (χ4n) is 4.92. The lowest BCUT2D eigenvalue weighted by molar-refractivity contribution is -0.145. The number of esters is 1. The molecular weight excluding hydrogens is 508 g/mol. The van der Waals surface area contributed by atoms with Gasteiger partial charge in [0.1, 0.15) is 12.1 Å². The number of carbonyl (C=O) groups is 4. The summed E-state index contributed by atoms with van der Waals surface area (Å²) in [4.78, 5) is 52.6. The van der Waals surface area contributed by atoms with E-state index in [0.717, 1.165) is 24.5 Å². The molecule has 0 aromatic heterocycles. The van der Waals surface area contributed by atoms with Gasteiger partial charge in [0, 0.05) is 37.4 Å². The molecule has 1 saturated heterocycles. The Labute approximate surface area is 226 Å². The number of nitrogens with one attached hydrogen (secondary N) is 2. The van der Waals surface area contributed by atoms with Gasteiger partial charge in [0.2, 0.25) is 17.7 Å². The Morgan fingerprint density at radius 3 is 2.44 bits per heavy atom. The van der Waals surface area contributed by atoms with E-state index in [2.05, 4.69) is 10.6 Å². The maximum Gasteiger partial charge on any atom is 0.328 e. The van der Waals surface area contributed by atoms with Gasteiger partial charge in [-0.3, -0.25) is 14.4 Å². The third kappa shape index (κ3) is 7.61. The number of halogens is 2. The smallest absolute Gasteiger partial charge is 0.328 e. The number of ether oxygens (including phenoxy) is 1. The Morgan fingerprint density at radius 2 is 1.74 bits per heavy atom. The predicted octanol–water partition coefficient (Wildman–Crippen LogP) is 3.03. The summed E-state index contributed by atoms with van der Waals surface area (Å²) in [5.41, 5.74) is 0.880. The van der Waals surface area contributed by atoms with E-state index < -0.39 is 47.5 Å². The van der Waals surface area contributed by atoms with Crippen molar-refractivity contribution in [3.63, 3.8) is 0 Å². The van der Waals surface area contributed by atoms with Crippen LogP contribution in [0.3, 0.4) is 0 Å². The summed E-state index contributed by atoms with van der Waals surface area (Å²) in [6, 6.07) is 10.7. The Hall–Kier alpha value is -3.82. The van der Waals surface area contributed by atoms with Crippen molar-refractivity contribution in [3.05, 3.63) is 71.3 Å². The van der Waals surface area contributed by atoms with Gasteiger partial charge in [-0.05, 0) is 30.4 Å². The molecule has 1 saturated carbocycles. The number of amides is 3. The van der Waals surface area contributed by atoms with E-state index in [-0.39, 0.29) is 37.3 Å². The van der Waals surface area contributed by atoms with Gasteiger partial charge in [-0.25, -0.2) is 13.6 Å². The lowest BCUT2D eigenvalue weighted by Crippen LogP contribution is -2.53. The van der Waals surface area contributed by atoms with Crippen molar-refractivity contribution >= 4 is 23.7 Å². The van der Waals surface area contributed by atoms with Gasteiger partial charge in [-0.1, -0.05) is 55.3 Å². The van der Waals surface area contributed by atoms with Crippen LogP contribution in [0.15, 0.2) is 48.5 Å². The minimum atomic E-state index is -1.02. The van der Waals surface area contributed by atoms with Crippen molar-refractivity contribution < 1.29 is 32.7 Å². The van der Waals surface area contributed by atoms with Crippen molar-refractivity contribution in [2.75, 3.05) is 7.11 Å². The second-order valence-electron chi connectivity index (χ2n) is 10.2. The molecule has 1 aliphatic carbocycles. The average molecular weight is 542 g/mol. The molecule has 2 N–H and O–H groups in total. The number of rotatable bonds is 12. The van der Waals surface area contributed by atoms with Crippen LogP contribution in [0.25, 0.3) is 0 Å². The molecule has 0 bridgehead atoms. The zero-order chi connectivity index (χ0) is 27.9. The van der Waals surface area contributed by atoms with Crippen LogP contribution in [-0.4, -0.2) is 53.8 Å². The minimum Gasteiger partial charge on any atom is -0.467 e. The van der Waals surface area contributed by atoms with Crippen molar-refractivity contribution in [2.45, 2.75) is 69.6 Å². The zero-order valence-electron chi connectivity index (χ0n) is 21.8. The fourth-order valence-corrected chi connectivity index (χ4v) is 4.92. The van der Waals surface area contributed by atoms with Crippen LogP contribution in [0.1, 0.15) is 49.7 Å². The Kier molecular flexibility index (Phi) is 9.27. The zero-order valence-corrected chi connectivity index (χ0v) is 21.8. The first-order valence-electron chi connectivity index (χ1n) is 13.2. The third-order valence-corrected chi connectivity index (χ3v) is 7.25. The van der Waals surface area contributed by atoms with Crippen LogP contribution < -0.4 is 10.6 Å². The van der Waals surface area contributed by atoms with Crippen molar-refractivity contribution in [1.29, 1.82) is 0 Å². The molecule has 0 radical (unpaired) electrons. The standard InChI is InChI=1S/C29H33F2N3O5/c1-39-29(38)24(15-18-6-3-2-4-7-18)33-28(37)23(14-19-10-11-19)32-25(35)16-21-12-13-26(36)34(21)17-20-8-5-9-22(30)27(20)31/h2-9,19,21,23-24H,10-17H2,1H3,(H,32,35)(H,33,37)/t21-,23-,24-/m0/s1. The number of benzene rings is 2. The van der Waals surface area contributed by atoms with Gasteiger partial charge >= 0.3 is 5.97 Å². The Bertz CT molecular complexity index is 1200. The normalized spacial score (nSPS) is 18.4. The first-order valence-corrected chi connectivity index (χ1v) is 13.2. The molecular formula is C29H33F2N3O5. The van der Waals surface area contributed by atoms with E-state index in [1.54, 1.807) is 0 Å². The lowest BCUT2D eigenvalue weighted by atomic mass is 10.0. The molecule has 0 unspecified atom stereocenters. The van der Waals surface area contributed by atoms with Crippen molar-refractivity contribution in [3.8, 4) is 0 Å². The number of likely N-dealkylation sites (tertiary alicyclic amines) is 1. The number of hydrogen-bond donors (Lipinski definition) is 2. The summed E-state index contributed by atoms with van der Waals surface area (Å²) in [7, 11) is 1.25. The summed E-state index contributed by atoms with van der Waals surface area (Å²) in [5, 5.41) is 5.52. The summed E-state index contributed by atoms with van der Waals surface area (Å²) in [6.45, 7) is -0.146. The molecule has 39 heavy (non-hydrogen) atoms. The van der Waals surface area contributed by atoms with E-state index in [0.29, 0.717) is 18.8 Å². The number of carbonyl (C=O) groups excluding carboxylic acids is 4. The number of methoxy groups -OCH3 is 1. The molecule has 0 spiro atoms. The second kappa shape index (κ2) is 12.8. The van der Waals surface area contributed by atoms with Crippen molar-refractivity contribution in [2.24, 2.45) is 5.92 Å². The average Bonchev–Trinajstić information content (AvgIpc) is 3.69. The molecule has 208 valence electrons. The maximum absolute atomic E-state index is 14.2. The van der Waals surface area contributed by atoms with Crippen LogP contribution >= 0.6 is 0 Å². The highest BCUT2D eigenvalue weighted by Gasteiger charge is 2.36. The number of nitrogens with zero attached hydrogens (tertiary/aromatic N) is 1. The molecule has 3 amide bonds. The van der Waals surface area contributed by atoms with E-state index >= 15 is 0 Å². The Morgan fingerprint density at radius 1 is 1.00 bits per heavy atom. The van der Waals surface area contributed by atoms with E-state index in [1.165, 1.54) is 24.1 Å². The van der Waals surface area contributed by atoms with Gasteiger partial charge in [0.25, 0.3) is 0 Å². The van der Waals surface area contributed by atoms with Crippen molar-refractivity contribution in [1.82, 2.24) is 15.5 Å². The molecule has 3 atom stereocenters. The van der Waals surface area contributed by atoms with Gasteiger partial charge in [-0.2, -0.15) is 0 Å². The molecule has 2 aromatic rings. The molecule has 1 aliphatic heterocycles. The van der Waals surface area contributed by atoms with Crippen LogP contribution in [0, 0.1) is 17.6 Å². The van der Waals surface area contributed by atoms with Crippen LogP contribution in [-0.2, 0) is 36.9 Å². The van der Waals surface area contributed by atoms with Crippen LogP contribution in [0.2, 0.25) is 0 Å². The summed E-state index contributed by atoms with van der Waals surface area (Å²) < 4.78 is 32.8. The largest absolute Gasteiger partial charge is 0.467 e. The summed E-state index contributed by atoms with van der Waals surface area (Å²) in [6.07, 6.45) is 3.08. The third-order valence-electron chi connectivity index (χ3n) is 7.25. The summed E-state index contributed by atoms with van der Waals surface area (Å²) >= 11 is 0. The summed E-state index contributed by atoms with van der Waals surface area (Å²) in [5.74, 6) is -3.47. The molecule has 2 aromatic carbocycles. The predicted molar refractivity (Wildman–Crippen MR) is 138 cm³/mol. The second-order valence-corrected chi connectivity index (χ2v) is 10.2. The number of hydrogen-bond acceptors (Lipinski definition) is 5. The first kappa shape index (κ1) is 28.2. The van der Waals surface area contributed by atoms with Crippen LogP contribution in [0.4, 0.5) is 8.78 Å². The highest BCUT2D eigenvalue weighted by molar-refractivity contribution is 5.91. The van der Waals surface area contributed by atoms with E-state index in [4.69, 9.17) is 4.74 Å². The highest BCUT2D eigenvalue weighted by atomic mass is 19.2. The monoisotopic (exact) mass is 541 g/mol. The van der Waals surface area contributed by atoms with Gasteiger partial charge < -0.3 is 20.3 Å². The van der Waals surface area contributed by atoms with Crippen LogP contribution in [0.5, 0.6) is 0 Å². The molecule has 2 fully saturated rings. The van der Waals surface area contributed by atoms with Gasteiger partial charge in [0.15, 0.2) is 11.6 Å². The van der Waals surface area contributed by atoms with Gasteiger partial charge in [-0.15, -0.1) is 0 Å². The van der Waals surface area contributed by atoms with E-state index in [1.807, 2.05) is 30.3 Å². The fraction of sp³-hybridized carbons (Fsp3) is 0.448. The topological polar surface area (TPSA) is 105 Å². The SMILES string of the molecule is COC(=O)[C@H](Cc1ccccc1)NC(=O)[C@H](CC1CC1)NC(=O)C[C@@H]1CCC(=O)N1Cc1cccc(F)c1F. The quantitative estimate of drug-likeness (QED) is 0.402. The molecule has 2 aliphatic rings. The first-order chi connectivity index (χ1) is 18.7. The van der Waals surface area contributed by atoms with E-state index in [9.17, 15) is 28.0 Å². The minimum absolute atomic E-state index is 0.0360.